The van der Waals surface area contributed by atoms with Gasteiger partial charge in [-0.2, -0.15) is 0 Å². The Hall–Kier alpha value is -1.80. The molecule has 156 valence electrons. The highest BCUT2D eigenvalue weighted by atomic mass is 127. The van der Waals surface area contributed by atoms with Crippen molar-refractivity contribution in [3.63, 3.8) is 0 Å². The Labute approximate surface area is 190 Å². The van der Waals surface area contributed by atoms with Crippen LogP contribution in [0, 0.1) is 5.41 Å². The van der Waals surface area contributed by atoms with E-state index in [1.165, 1.54) is 24.0 Å². The van der Waals surface area contributed by atoms with Gasteiger partial charge in [-0.1, -0.05) is 42.5 Å². The summed E-state index contributed by atoms with van der Waals surface area (Å²) in [5, 5.41) is 3.52. The maximum atomic E-state index is 5.81. The molecule has 5 nitrogen and oxygen atoms in total. The van der Waals surface area contributed by atoms with Gasteiger partial charge in [0, 0.05) is 38.7 Å². The normalized spacial score (nSPS) is 21.3. The van der Waals surface area contributed by atoms with Crippen LogP contribution in [0.3, 0.4) is 0 Å². The minimum Gasteiger partial charge on any atom is -0.489 e. The number of hydrogen-bond donors (Lipinski definition) is 1. The zero-order chi connectivity index (χ0) is 19.2. The van der Waals surface area contributed by atoms with Crippen LogP contribution in [0.4, 0.5) is 0 Å². The van der Waals surface area contributed by atoms with E-state index in [0.717, 1.165) is 44.6 Å². The van der Waals surface area contributed by atoms with Gasteiger partial charge >= 0.3 is 0 Å². The smallest absolute Gasteiger partial charge is 0.193 e. The maximum absolute atomic E-state index is 5.81. The third-order valence-electron chi connectivity index (χ3n) is 5.76. The summed E-state index contributed by atoms with van der Waals surface area (Å²) in [6.07, 6.45) is 2.37. The van der Waals surface area contributed by atoms with E-state index < -0.39 is 0 Å². The molecule has 0 radical (unpaired) electrons. The quantitative estimate of drug-likeness (QED) is 0.377. The summed E-state index contributed by atoms with van der Waals surface area (Å²) in [7, 11) is 1.86. The van der Waals surface area contributed by atoms with Gasteiger partial charge in [0.1, 0.15) is 12.4 Å². The molecular formula is C23H30IN3O2. The Morgan fingerprint density at radius 1 is 1.10 bits per heavy atom. The highest BCUT2D eigenvalue weighted by Crippen LogP contribution is 2.38. The first-order valence-corrected chi connectivity index (χ1v) is 10.1. The Morgan fingerprint density at radius 2 is 1.86 bits per heavy atom. The molecule has 2 heterocycles. The Bertz CT molecular complexity index is 790. The summed E-state index contributed by atoms with van der Waals surface area (Å²) in [6.45, 7) is 5.25. The van der Waals surface area contributed by atoms with Gasteiger partial charge in [-0.05, 0) is 36.1 Å². The van der Waals surface area contributed by atoms with E-state index in [1.807, 2.05) is 37.4 Å². The summed E-state index contributed by atoms with van der Waals surface area (Å²) in [6, 6.07) is 18.5. The molecule has 4 rings (SSSR count). The van der Waals surface area contributed by atoms with Crippen LogP contribution in [0.2, 0.25) is 0 Å². The van der Waals surface area contributed by atoms with Gasteiger partial charge < -0.3 is 19.7 Å². The van der Waals surface area contributed by atoms with Crippen molar-refractivity contribution in [1.82, 2.24) is 10.2 Å². The van der Waals surface area contributed by atoms with E-state index in [-0.39, 0.29) is 24.0 Å². The molecule has 2 saturated heterocycles. The number of benzene rings is 2. The number of halogens is 1. The molecule has 6 heteroatoms. The number of nitrogens with zero attached hydrogens (tertiary/aromatic N) is 2. The predicted octanol–water partition coefficient (Wildman–Crippen LogP) is 4.07. The highest BCUT2D eigenvalue weighted by Gasteiger charge is 2.42. The number of nitrogens with one attached hydrogen (secondary N) is 1. The van der Waals surface area contributed by atoms with Crippen LogP contribution in [-0.4, -0.2) is 44.2 Å². The third kappa shape index (κ3) is 5.63. The molecule has 1 atom stereocenters. The molecule has 1 spiro atoms. The number of likely N-dealkylation sites (tertiary alicyclic amines) is 1. The first-order chi connectivity index (χ1) is 13.8. The summed E-state index contributed by atoms with van der Waals surface area (Å²) in [4.78, 5) is 6.86. The molecular weight excluding hydrogens is 477 g/mol. The van der Waals surface area contributed by atoms with Crippen molar-refractivity contribution in [2.75, 3.05) is 33.4 Å². The van der Waals surface area contributed by atoms with Crippen LogP contribution in [0.5, 0.6) is 5.75 Å². The number of aliphatic imine (C=N–C) groups is 1. The lowest BCUT2D eigenvalue weighted by molar-refractivity contribution is 0.156. The molecule has 0 amide bonds. The molecule has 1 N–H and O–H groups in total. The fourth-order valence-corrected chi connectivity index (χ4v) is 4.04. The van der Waals surface area contributed by atoms with Crippen molar-refractivity contribution >= 4 is 29.9 Å². The van der Waals surface area contributed by atoms with E-state index in [2.05, 4.69) is 39.5 Å². The van der Waals surface area contributed by atoms with Crippen LogP contribution < -0.4 is 10.1 Å². The fourth-order valence-electron chi connectivity index (χ4n) is 4.04. The first-order valence-electron chi connectivity index (χ1n) is 10.1. The lowest BCUT2D eigenvalue weighted by Crippen LogP contribution is -2.41. The van der Waals surface area contributed by atoms with Crippen molar-refractivity contribution in [3.8, 4) is 5.75 Å². The average molecular weight is 507 g/mol. The number of para-hydroxylation sites is 1. The van der Waals surface area contributed by atoms with Crippen LogP contribution in [0.25, 0.3) is 0 Å². The van der Waals surface area contributed by atoms with E-state index in [0.29, 0.717) is 12.0 Å². The highest BCUT2D eigenvalue weighted by molar-refractivity contribution is 14.0. The van der Waals surface area contributed by atoms with E-state index in [9.17, 15) is 0 Å². The molecule has 29 heavy (non-hydrogen) atoms. The number of guanidine groups is 1. The van der Waals surface area contributed by atoms with Gasteiger partial charge in [-0.15, -0.1) is 24.0 Å². The lowest BCUT2D eigenvalue weighted by Gasteiger charge is -2.25. The summed E-state index contributed by atoms with van der Waals surface area (Å²) in [5.41, 5.74) is 2.75. The monoisotopic (exact) mass is 507 g/mol. The molecule has 2 aliphatic rings. The minimum absolute atomic E-state index is 0. The van der Waals surface area contributed by atoms with Gasteiger partial charge in [-0.25, -0.2) is 0 Å². The van der Waals surface area contributed by atoms with Crippen molar-refractivity contribution in [2.45, 2.75) is 26.0 Å². The van der Waals surface area contributed by atoms with Crippen LogP contribution in [-0.2, 0) is 17.9 Å². The van der Waals surface area contributed by atoms with Gasteiger partial charge in [0.2, 0.25) is 0 Å². The van der Waals surface area contributed by atoms with Gasteiger partial charge in [0.25, 0.3) is 0 Å². The van der Waals surface area contributed by atoms with Gasteiger partial charge in [-0.3, -0.25) is 4.99 Å². The van der Waals surface area contributed by atoms with Gasteiger partial charge in [0.15, 0.2) is 5.96 Å². The Morgan fingerprint density at radius 3 is 2.55 bits per heavy atom. The van der Waals surface area contributed by atoms with Crippen LogP contribution >= 0.6 is 24.0 Å². The molecule has 1 unspecified atom stereocenters. The molecule has 2 aromatic carbocycles. The Balaban J connectivity index is 0.00000240. The molecule has 2 aromatic rings. The number of hydrogen-bond acceptors (Lipinski definition) is 3. The number of ether oxygens (including phenoxy) is 2. The Kier molecular flexibility index (Phi) is 7.77. The van der Waals surface area contributed by atoms with Crippen molar-refractivity contribution in [3.05, 3.63) is 65.7 Å². The summed E-state index contributed by atoms with van der Waals surface area (Å²) in [5.74, 6) is 1.88. The van der Waals surface area contributed by atoms with E-state index in [4.69, 9.17) is 9.47 Å². The summed E-state index contributed by atoms with van der Waals surface area (Å²) >= 11 is 0. The fraction of sp³-hybridized carbons (Fsp3) is 0.435. The zero-order valence-electron chi connectivity index (χ0n) is 17.0. The van der Waals surface area contributed by atoms with Crippen LogP contribution in [0.15, 0.2) is 59.6 Å². The average Bonchev–Trinajstić information content (AvgIpc) is 3.38. The standard InChI is InChI=1S/C23H29N3O2.HI/c1-24-22(26-13-11-23(17-26)12-14-27-18-23)25-15-19-7-9-20(10-8-19)16-28-21-5-3-2-4-6-21;/h2-10H,11-18H2,1H3,(H,24,25);1H. The second-order valence-corrected chi connectivity index (χ2v) is 7.79. The SMILES string of the molecule is CN=C(NCc1ccc(COc2ccccc2)cc1)N1CCC2(CCOC2)C1.I. The first kappa shape index (κ1) is 21.9. The topological polar surface area (TPSA) is 46.1 Å². The van der Waals surface area contributed by atoms with Crippen LogP contribution in [0.1, 0.15) is 24.0 Å². The van der Waals surface area contributed by atoms with Gasteiger partial charge in [0.05, 0.1) is 6.61 Å². The van der Waals surface area contributed by atoms with E-state index in [1.54, 1.807) is 0 Å². The predicted molar refractivity (Wildman–Crippen MR) is 127 cm³/mol. The van der Waals surface area contributed by atoms with E-state index >= 15 is 0 Å². The zero-order valence-corrected chi connectivity index (χ0v) is 19.3. The second-order valence-electron chi connectivity index (χ2n) is 7.79. The second kappa shape index (κ2) is 10.3. The molecule has 0 aromatic heterocycles. The molecule has 0 bridgehead atoms. The lowest BCUT2D eigenvalue weighted by atomic mass is 9.87. The van der Waals surface area contributed by atoms with Crippen molar-refractivity contribution < 1.29 is 9.47 Å². The maximum Gasteiger partial charge on any atom is 0.193 e. The molecule has 2 aliphatic heterocycles. The molecule has 0 saturated carbocycles. The van der Waals surface area contributed by atoms with Crippen molar-refractivity contribution in [2.24, 2.45) is 10.4 Å². The molecule has 2 fully saturated rings. The largest absolute Gasteiger partial charge is 0.489 e. The third-order valence-corrected chi connectivity index (χ3v) is 5.76. The molecule has 0 aliphatic carbocycles. The van der Waals surface area contributed by atoms with Crippen molar-refractivity contribution in [1.29, 1.82) is 0 Å². The summed E-state index contributed by atoms with van der Waals surface area (Å²) < 4.78 is 11.4. The number of rotatable bonds is 5. The minimum atomic E-state index is 0.